The molecule has 0 amide bonds. The monoisotopic (exact) mass is 84.1 g/mol. The van der Waals surface area contributed by atoms with Crippen molar-refractivity contribution >= 4 is 18.1 Å². The van der Waals surface area contributed by atoms with E-state index in [1.54, 1.807) is 0 Å². The molecule has 0 aromatic heterocycles. The van der Waals surface area contributed by atoms with Crippen molar-refractivity contribution in [3.63, 3.8) is 0 Å². The van der Waals surface area contributed by atoms with Gasteiger partial charge in [-0.1, -0.05) is 11.5 Å². The molecule has 0 bridgehead atoms. The van der Waals surface area contributed by atoms with Crippen molar-refractivity contribution < 1.29 is 0 Å². The predicted molar refractivity (Wildman–Crippen MR) is 32.4 cm³/mol. The molecule has 0 aromatic rings. The summed E-state index contributed by atoms with van der Waals surface area (Å²) in [7, 11) is 3.42. The van der Waals surface area contributed by atoms with E-state index in [9.17, 15) is 0 Å². The Morgan fingerprint density at radius 3 is 2.20 bits per heavy atom. The largest absolute Gasteiger partial charge is 0.105 e. The van der Waals surface area contributed by atoms with Crippen molar-refractivity contribution in [1.29, 1.82) is 0 Å². The van der Waals surface area contributed by atoms with Crippen LogP contribution in [0.4, 0.5) is 0 Å². The first-order chi connectivity index (χ1) is 2.27. The lowest BCUT2D eigenvalue weighted by Crippen LogP contribution is -1.79. The molecule has 0 heterocycles. The van der Waals surface area contributed by atoms with Gasteiger partial charge in [-0.25, -0.2) is 0 Å². The van der Waals surface area contributed by atoms with Crippen LogP contribution in [0, 0.1) is 0 Å². The maximum Gasteiger partial charge on any atom is 0.105 e. The molecule has 0 radical (unpaired) electrons. The van der Waals surface area contributed by atoms with Crippen LogP contribution in [0.3, 0.4) is 0 Å². The van der Waals surface area contributed by atoms with E-state index in [0.29, 0.717) is 0 Å². The molecule has 28 valence electrons. The fourth-order valence-corrected chi connectivity index (χ4v) is 0. The Bertz CT molecular complexity index is 33.9. The number of hydrogen-bond acceptors (Lipinski definition) is 0. The Kier molecular flexibility index (Phi) is 2.28. The summed E-state index contributed by atoms with van der Waals surface area (Å²) < 4.78 is 0. The molecule has 2 heteroatoms. The Morgan fingerprint density at radius 1 is 2.00 bits per heavy atom. The van der Waals surface area contributed by atoms with Gasteiger partial charge in [-0.15, -0.1) is 6.58 Å². The molecule has 0 spiro atoms. The lowest BCUT2D eigenvalue weighted by molar-refractivity contribution is 1.60. The minimum absolute atomic E-state index is 0.787. The van der Waals surface area contributed by atoms with Gasteiger partial charge in [0.05, 0.1) is 0 Å². The molecular weight excluding hydrogens is 74.9 g/mol. The van der Waals surface area contributed by atoms with E-state index >= 15 is 0 Å². The maximum absolute atomic E-state index is 3.59. The van der Waals surface area contributed by atoms with Gasteiger partial charge in [-0.3, -0.25) is 0 Å². The van der Waals surface area contributed by atoms with Gasteiger partial charge >= 0.3 is 0 Å². The third kappa shape index (κ3) is 4.02. The quantitative estimate of drug-likeness (QED) is 0.280. The summed E-state index contributed by atoms with van der Waals surface area (Å²) in [6.45, 7) is 3.59. The second-order valence-corrected chi connectivity index (χ2v) is 3.30. The highest BCUT2D eigenvalue weighted by molar-refractivity contribution is 6.36. The van der Waals surface area contributed by atoms with Crippen molar-refractivity contribution in [1.82, 2.24) is 0 Å². The summed E-state index contributed by atoms with van der Waals surface area (Å²) in [6, 6.07) is 0. The fraction of sp³-hybridized carbons (Fsp3) is 0.333. The van der Waals surface area contributed by atoms with E-state index in [1.807, 2.05) is 6.08 Å². The van der Waals surface area contributed by atoms with Gasteiger partial charge in [0.25, 0.3) is 0 Å². The predicted octanol–water partition coefficient (Wildman–Crippen LogP) is -1.08. The summed E-state index contributed by atoms with van der Waals surface area (Å²) in [6.07, 6.45) is 1.98. The summed E-state index contributed by atoms with van der Waals surface area (Å²) in [5.41, 5.74) is 0.787. The van der Waals surface area contributed by atoms with Crippen molar-refractivity contribution in [2.24, 2.45) is 0 Å². The third-order valence-corrected chi connectivity index (χ3v) is 0.943. The third-order valence-electron chi connectivity index (χ3n) is 0.471. The number of allylic oxidation sites excluding steroid dienone is 1. The van der Waals surface area contributed by atoms with Crippen molar-refractivity contribution in [3.8, 4) is 0 Å². The average Bonchev–Trinajstić information content (AvgIpc) is 1.38. The van der Waals surface area contributed by atoms with E-state index < -0.39 is 0 Å². The highest BCUT2D eigenvalue weighted by Crippen LogP contribution is 1.84. The summed E-state index contributed by atoms with van der Waals surface area (Å²) >= 11 is 0. The molecule has 5 heavy (non-hydrogen) atoms. The molecule has 0 fully saturated rings. The van der Waals surface area contributed by atoms with Crippen LogP contribution in [0.5, 0.6) is 0 Å². The zero-order valence-electron chi connectivity index (χ0n) is 3.86. The van der Waals surface area contributed by atoms with E-state index in [4.69, 9.17) is 0 Å². The number of rotatable bonds is 1. The van der Waals surface area contributed by atoms with Crippen molar-refractivity contribution in [2.45, 2.75) is 5.44 Å². The van der Waals surface area contributed by atoms with Gasteiger partial charge in [0.1, 0.15) is 7.85 Å². The Labute approximate surface area is 37.1 Å². The topological polar surface area (TPSA) is 0 Å². The van der Waals surface area contributed by atoms with Gasteiger partial charge in [-0.05, 0) is 0 Å². The molecule has 0 saturated heterocycles. The fourth-order valence-electron chi connectivity index (χ4n) is 0. The molecule has 1 atom stereocenters. The standard InChI is InChI=1S/C3H9BSi/c1-2-3(4)5/h2-3H,1,4H2,5H3. The number of hydrogen-bond donors (Lipinski definition) is 0. The first kappa shape index (κ1) is 5.02. The van der Waals surface area contributed by atoms with E-state index in [0.717, 1.165) is 5.44 Å². The van der Waals surface area contributed by atoms with Crippen LogP contribution in [-0.2, 0) is 0 Å². The first-order valence-corrected chi connectivity index (χ1v) is 3.05. The van der Waals surface area contributed by atoms with Gasteiger partial charge < -0.3 is 0 Å². The van der Waals surface area contributed by atoms with E-state index in [1.165, 1.54) is 10.2 Å². The molecule has 1 unspecified atom stereocenters. The molecule has 0 aliphatic heterocycles. The lowest BCUT2D eigenvalue weighted by Gasteiger charge is -1.82. The highest BCUT2D eigenvalue weighted by atomic mass is 28.1. The van der Waals surface area contributed by atoms with Crippen molar-refractivity contribution in [2.75, 3.05) is 0 Å². The second-order valence-electron chi connectivity index (χ2n) is 1.48. The van der Waals surface area contributed by atoms with Gasteiger partial charge in [-0.2, -0.15) is 0 Å². The highest BCUT2D eigenvalue weighted by Gasteiger charge is 1.75. The normalized spacial score (nSPS) is 14.4. The molecule has 0 rings (SSSR count). The molecule has 0 saturated carbocycles. The lowest BCUT2D eigenvalue weighted by atomic mass is 10.1. The average molecular weight is 84.0 g/mol. The first-order valence-electron chi connectivity index (χ1n) is 1.90. The summed E-state index contributed by atoms with van der Waals surface area (Å²) in [5, 5.41) is 0. The summed E-state index contributed by atoms with van der Waals surface area (Å²) in [4.78, 5) is 0. The Balaban J connectivity index is 2.83. The van der Waals surface area contributed by atoms with E-state index in [-0.39, 0.29) is 0 Å². The van der Waals surface area contributed by atoms with Crippen LogP contribution in [0.1, 0.15) is 0 Å². The van der Waals surface area contributed by atoms with Crippen LogP contribution in [-0.4, -0.2) is 18.1 Å². The van der Waals surface area contributed by atoms with Crippen LogP contribution in [0.15, 0.2) is 12.7 Å². The molecule has 0 nitrogen and oxygen atoms in total. The van der Waals surface area contributed by atoms with Gasteiger partial charge in [0.15, 0.2) is 0 Å². The second kappa shape index (κ2) is 2.27. The van der Waals surface area contributed by atoms with Crippen LogP contribution in [0.2, 0.25) is 5.44 Å². The van der Waals surface area contributed by atoms with Crippen molar-refractivity contribution in [3.05, 3.63) is 12.7 Å². The smallest absolute Gasteiger partial charge is 0.104 e. The minimum Gasteiger partial charge on any atom is -0.104 e. The molecule has 0 N–H and O–H groups in total. The minimum atomic E-state index is 0.787. The Hall–Kier alpha value is 0.0218. The molecule has 0 aromatic carbocycles. The van der Waals surface area contributed by atoms with Crippen LogP contribution in [0.25, 0.3) is 0 Å². The molecular formula is C3H9BSi. The van der Waals surface area contributed by atoms with Crippen LogP contribution < -0.4 is 0 Å². The molecule has 0 aliphatic carbocycles. The van der Waals surface area contributed by atoms with E-state index in [2.05, 4.69) is 14.4 Å². The SMILES string of the molecule is BC([SiH3])C=C. The summed E-state index contributed by atoms with van der Waals surface area (Å²) in [5.74, 6) is 0. The maximum atomic E-state index is 3.59. The van der Waals surface area contributed by atoms with Gasteiger partial charge in [0.2, 0.25) is 0 Å². The molecule has 0 aliphatic rings. The zero-order valence-corrected chi connectivity index (χ0v) is 5.86. The van der Waals surface area contributed by atoms with Crippen LogP contribution >= 0.6 is 0 Å². The van der Waals surface area contributed by atoms with Gasteiger partial charge in [0, 0.05) is 10.2 Å². The Morgan fingerprint density at radius 2 is 2.20 bits per heavy atom. The zero-order chi connectivity index (χ0) is 4.28.